The molecule has 1 heterocycles. The molecule has 0 saturated carbocycles. The smallest absolute Gasteiger partial charge is 0.282 e. The second kappa shape index (κ2) is 8.62. The average Bonchev–Trinajstić information content (AvgIpc) is 2.99. The number of hydrogen-bond donors (Lipinski definition) is 1. The van der Waals surface area contributed by atoms with E-state index in [0.717, 1.165) is 4.90 Å². The molecule has 0 atom stereocenters. The number of hydrogen-bond acceptors (Lipinski definition) is 4. The van der Waals surface area contributed by atoms with Crippen LogP contribution in [0.2, 0.25) is 5.02 Å². The van der Waals surface area contributed by atoms with Gasteiger partial charge in [0.25, 0.3) is 11.8 Å². The molecule has 1 aliphatic rings. The Kier molecular flexibility index (Phi) is 5.73. The number of imide groups is 1. The van der Waals surface area contributed by atoms with Gasteiger partial charge in [0.05, 0.1) is 17.9 Å². The summed E-state index contributed by atoms with van der Waals surface area (Å²) < 4.78 is 19.2. The van der Waals surface area contributed by atoms with E-state index >= 15 is 0 Å². The molecule has 0 spiro atoms. The molecule has 0 fully saturated rings. The van der Waals surface area contributed by atoms with Crippen molar-refractivity contribution in [3.63, 3.8) is 0 Å². The van der Waals surface area contributed by atoms with Gasteiger partial charge in [-0.15, -0.1) is 0 Å². The zero-order valence-electron chi connectivity index (χ0n) is 16.6. The monoisotopic (exact) mass is 436 g/mol. The van der Waals surface area contributed by atoms with Gasteiger partial charge >= 0.3 is 0 Å². The van der Waals surface area contributed by atoms with Crippen LogP contribution in [-0.2, 0) is 9.59 Å². The number of anilines is 2. The number of amides is 2. The zero-order chi connectivity index (χ0) is 22.0. The molecule has 2 amide bonds. The minimum absolute atomic E-state index is 0.0553. The third-order valence-corrected chi connectivity index (χ3v) is 4.95. The molecule has 0 unspecified atom stereocenters. The van der Waals surface area contributed by atoms with E-state index in [1.807, 2.05) is 6.92 Å². The molecule has 7 heteroatoms. The summed E-state index contributed by atoms with van der Waals surface area (Å²) in [5, 5.41) is 3.43. The van der Waals surface area contributed by atoms with Crippen LogP contribution in [0.1, 0.15) is 12.5 Å². The third kappa shape index (κ3) is 4.15. The molecule has 0 saturated heterocycles. The number of halogens is 2. The van der Waals surface area contributed by atoms with Gasteiger partial charge in [-0.05, 0) is 55.0 Å². The Labute approximate surface area is 183 Å². The highest BCUT2D eigenvalue weighted by Crippen LogP contribution is 2.35. The molecule has 0 aromatic heterocycles. The van der Waals surface area contributed by atoms with Crippen molar-refractivity contribution in [2.75, 3.05) is 16.8 Å². The van der Waals surface area contributed by atoms with E-state index in [0.29, 0.717) is 34.3 Å². The lowest BCUT2D eigenvalue weighted by Crippen LogP contribution is -2.32. The first-order valence-electron chi connectivity index (χ1n) is 9.62. The SMILES string of the molecule is CCOc1cccc(N2C(=O)C(Nc3cccc(F)c3)=C(c3ccc(Cl)cc3)C2=O)c1. The second-order valence-electron chi connectivity index (χ2n) is 6.77. The third-order valence-electron chi connectivity index (χ3n) is 4.70. The summed E-state index contributed by atoms with van der Waals surface area (Å²) in [4.78, 5) is 27.8. The molecule has 156 valence electrons. The second-order valence-corrected chi connectivity index (χ2v) is 7.20. The Bertz CT molecular complexity index is 1190. The van der Waals surface area contributed by atoms with Crippen molar-refractivity contribution >= 4 is 40.4 Å². The normalized spacial score (nSPS) is 13.7. The summed E-state index contributed by atoms with van der Waals surface area (Å²) in [6.45, 7) is 2.30. The van der Waals surface area contributed by atoms with Gasteiger partial charge in [0.2, 0.25) is 0 Å². The first kappa shape index (κ1) is 20.6. The molecule has 3 aromatic carbocycles. The lowest BCUT2D eigenvalue weighted by atomic mass is 10.0. The van der Waals surface area contributed by atoms with Crippen LogP contribution in [0.4, 0.5) is 15.8 Å². The van der Waals surface area contributed by atoms with E-state index in [1.54, 1.807) is 54.6 Å². The number of benzene rings is 3. The van der Waals surface area contributed by atoms with Crippen molar-refractivity contribution in [2.45, 2.75) is 6.92 Å². The van der Waals surface area contributed by atoms with Crippen molar-refractivity contribution in [3.8, 4) is 5.75 Å². The fourth-order valence-electron chi connectivity index (χ4n) is 3.35. The molecule has 0 radical (unpaired) electrons. The molecule has 31 heavy (non-hydrogen) atoms. The molecule has 0 bridgehead atoms. The highest BCUT2D eigenvalue weighted by Gasteiger charge is 2.40. The quantitative estimate of drug-likeness (QED) is 0.534. The Morgan fingerprint density at radius 1 is 0.968 bits per heavy atom. The summed E-state index contributed by atoms with van der Waals surface area (Å²) in [5.74, 6) is -0.968. The zero-order valence-corrected chi connectivity index (χ0v) is 17.3. The van der Waals surface area contributed by atoms with Gasteiger partial charge in [-0.25, -0.2) is 9.29 Å². The van der Waals surface area contributed by atoms with Gasteiger partial charge in [0, 0.05) is 16.8 Å². The Hall–Kier alpha value is -3.64. The molecule has 3 aromatic rings. The largest absolute Gasteiger partial charge is 0.494 e. The number of ether oxygens (including phenoxy) is 1. The Morgan fingerprint density at radius 2 is 1.71 bits per heavy atom. The van der Waals surface area contributed by atoms with E-state index in [1.165, 1.54) is 18.2 Å². The van der Waals surface area contributed by atoms with Crippen molar-refractivity contribution in [1.82, 2.24) is 0 Å². The van der Waals surface area contributed by atoms with Gasteiger partial charge < -0.3 is 10.1 Å². The van der Waals surface area contributed by atoms with E-state index in [2.05, 4.69) is 5.32 Å². The van der Waals surface area contributed by atoms with E-state index < -0.39 is 17.6 Å². The maximum atomic E-state index is 13.7. The minimum atomic E-state index is -0.548. The van der Waals surface area contributed by atoms with Crippen molar-refractivity contribution in [2.24, 2.45) is 0 Å². The Balaban J connectivity index is 1.80. The van der Waals surface area contributed by atoms with Crippen LogP contribution in [0.5, 0.6) is 5.75 Å². The predicted octanol–water partition coefficient (Wildman–Crippen LogP) is 5.27. The molecule has 0 aliphatic carbocycles. The highest BCUT2D eigenvalue weighted by atomic mass is 35.5. The van der Waals surface area contributed by atoms with E-state index in [9.17, 15) is 14.0 Å². The summed E-state index contributed by atoms with van der Waals surface area (Å²) in [7, 11) is 0. The maximum absolute atomic E-state index is 13.7. The van der Waals surface area contributed by atoms with Gasteiger partial charge in [-0.1, -0.05) is 35.9 Å². The Morgan fingerprint density at radius 3 is 2.42 bits per heavy atom. The van der Waals surface area contributed by atoms with Crippen molar-refractivity contribution < 1.29 is 18.7 Å². The van der Waals surface area contributed by atoms with Crippen LogP contribution < -0.4 is 15.0 Å². The van der Waals surface area contributed by atoms with E-state index in [4.69, 9.17) is 16.3 Å². The van der Waals surface area contributed by atoms with Crippen LogP contribution >= 0.6 is 11.6 Å². The topological polar surface area (TPSA) is 58.6 Å². The van der Waals surface area contributed by atoms with E-state index in [-0.39, 0.29) is 11.3 Å². The van der Waals surface area contributed by atoms with Crippen LogP contribution in [0.3, 0.4) is 0 Å². The first-order valence-corrected chi connectivity index (χ1v) is 10.00. The molecular formula is C24H18ClFN2O3. The number of nitrogens with one attached hydrogen (secondary N) is 1. The van der Waals surface area contributed by atoms with Crippen molar-refractivity contribution in [1.29, 1.82) is 0 Å². The van der Waals surface area contributed by atoms with Crippen molar-refractivity contribution in [3.05, 3.63) is 94.9 Å². The van der Waals surface area contributed by atoms with Crippen LogP contribution in [0.15, 0.2) is 78.5 Å². The maximum Gasteiger partial charge on any atom is 0.282 e. The lowest BCUT2D eigenvalue weighted by Gasteiger charge is -2.16. The number of nitrogens with zero attached hydrogens (tertiary/aromatic N) is 1. The molecule has 4 rings (SSSR count). The van der Waals surface area contributed by atoms with Gasteiger partial charge in [0.15, 0.2) is 0 Å². The standard InChI is InChI=1S/C24H18ClFN2O3/c1-2-31-20-8-4-7-19(14-20)28-23(29)21(15-9-11-16(25)12-10-15)22(24(28)30)27-18-6-3-5-17(26)13-18/h3-14,27H,2H2,1H3. The van der Waals surface area contributed by atoms with Gasteiger partial charge in [-0.2, -0.15) is 0 Å². The fraction of sp³-hybridized carbons (Fsp3) is 0.0833. The average molecular weight is 437 g/mol. The summed E-state index contributed by atoms with van der Waals surface area (Å²) in [6, 6.07) is 19.0. The predicted molar refractivity (Wildman–Crippen MR) is 118 cm³/mol. The summed E-state index contributed by atoms with van der Waals surface area (Å²) >= 11 is 5.99. The first-order chi connectivity index (χ1) is 15.0. The highest BCUT2D eigenvalue weighted by molar-refractivity contribution is 6.46. The van der Waals surface area contributed by atoms with Crippen LogP contribution in [-0.4, -0.2) is 18.4 Å². The minimum Gasteiger partial charge on any atom is -0.494 e. The van der Waals surface area contributed by atoms with Gasteiger partial charge in [0.1, 0.15) is 17.3 Å². The molecule has 1 N–H and O–H groups in total. The number of carbonyl (C=O) groups is 2. The summed E-state index contributed by atoms with van der Waals surface area (Å²) in [6.07, 6.45) is 0. The van der Waals surface area contributed by atoms with Crippen LogP contribution in [0, 0.1) is 5.82 Å². The number of rotatable bonds is 6. The fourth-order valence-corrected chi connectivity index (χ4v) is 3.48. The van der Waals surface area contributed by atoms with Gasteiger partial charge in [-0.3, -0.25) is 9.59 Å². The van der Waals surface area contributed by atoms with Crippen LogP contribution in [0.25, 0.3) is 5.57 Å². The molecule has 5 nitrogen and oxygen atoms in total. The molecule has 1 aliphatic heterocycles. The summed E-state index contributed by atoms with van der Waals surface area (Å²) in [5.41, 5.74) is 1.48. The lowest BCUT2D eigenvalue weighted by molar-refractivity contribution is -0.120. The molecular weight excluding hydrogens is 419 g/mol. The number of carbonyl (C=O) groups excluding carboxylic acids is 2.